The average molecular weight is 230 g/mol. The number of carbonyl (C=O) groups excluding carboxylic acids is 2. The molecule has 0 fully saturated rings. The van der Waals surface area contributed by atoms with Gasteiger partial charge in [-0.15, -0.1) is 24.3 Å². The molecule has 2 aromatic rings. The van der Waals surface area contributed by atoms with Crippen LogP contribution in [0.5, 0.6) is 0 Å². The molecular weight excluding hydrogens is 223 g/mol. The van der Waals surface area contributed by atoms with E-state index in [1.807, 2.05) is 0 Å². The van der Waals surface area contributed by atoms with Gasteiger partial charge in [-0.1, -0.05) is 35.4 Å². The van der Waals surface area contributed by atoms with Crippen LogP contribution in [0.15, 0.2) is 42.5 Å². The quantitative estimate of drug-likeness (QED) is 0.377. The van der Waals surface area contributed by atoms with Crippen LogP contribution < -0.4 is 29.6 Å². The summed E-state index contributed by atoms with van der Waals surface area (Å²) in [5.41, 5.74) is 1.79. The van der Waals surface area contributed by atoms with E-state index in [-0.39, 0.29) is 41.1 Å². The van der Waals surface area contributed by atoms with Crippen LogP contribution in [0.25, 0.3) is 0 Å². The van der Waals surface area contributed by atoms with E-state index in [9.17, 15) is 9.59 Å². The van der Waals surface area contributed by atoms with Gasteiger partial charge in [0.25, 0.3) is 0 Å². The van der Waals surface area contributed by atoms with Crippen molar-refractivity contribution >= 4 is 11.6 Å². The summed E-state index contributed by atoms with van der Waals surface area (Å²) in [6, 6.07) is 14.8. The Morgan fingerprint density at radius 2 is 1.35 bits per heavy atom. The first kappa shape index (κ1) is 12.2. The Hall–Kier alpha value is -1.22. The van der Waals surface area contributed by atoms with Gasteiger partial charge in [0.15, 0.2) is 5.78 Å². The Kier molecular flexibility index (Phi) is 3.29. The summed E-state index contributed by atoms with van der Waals surface area (Å²) in [5, 5.41) is 0. The molecule has 0 saturated carbocycles. The first-order valence-corrected chi connectivity index (χ1v) is 4.98. The van der Waals surface area contributed by atoms with E-state index in [1.165, 1.54) is 0 Å². The topological polar surface area (TPSA) is 34.1 Å². The summed E-state index contributed by atoms with van der Waals surface area (Å²) < 4.78 is 0. The second-order valence-corrected chi connectivity index (χ2v) is 3.66. The minimum atomic E-state index is -0.120. The molecule has 0 heterocycles. The zero-order chi connectivity index (χ0) is 11.1. The number of hydrogen-bond donors (Lipinski definition) is 0. The summed E-state index contributed by atoms with van der Waals surface area (Å²) in [6.07, 6.45) is 0. The summed E-state index contributed by atoms with van der Waals surface area (Å²) in [5.74, 6) is -0.215. The van der Waals surface area contributed by atoms with E-state index in [1.54, 1.807) is 42.5 Å². The maximum Gasteiger partial charge on any atom is 1.00 e. The molecule has 0 radical (unpaired) electrons. The fourth-order valence-corrected chi connectivity index (χ4v) is 1.97. The van der Waals surface area contributed by atoms with Crippen molar-refractivity contribution in [2.45, 2.75) is 0 Å². The molecule has 1 aliphatic rings. The monoisotopic (exact) mass is 230 g/mol. The fourth-order valence-electron chi connectivity index (χ4n) is 1.97. The maximum absolute atomic E-state index is 12.1. The van der Waals surface area contributed by atoms with Gasteiger partial charge in [-0.2, -0.15) is 0 Å². The molecule has 0 aromatic heterocycles. The zero-order valence-corrected chi connectivity index (χ0v) is 11.4. The third-order valence-electron chi connectivity index (χ3n) is 2.74. The van der Waals surface area contributed by atoms with Gasteiger partial charge in [-0.25, -0.2) is 0 Å². The molecule has 0 atom stereocenters. The Labute approximate surface area is 121 Å². The van der Waals surface area contributed by atoms with Crippen molar-refractivity contribution in [1.82, 2.24) is 0 Å². The van der Waals surface area contributed by atoms with Crippen LogP contribution in [0.2, 0.25) is 0 Å². The second kappa shape index (κ2) is 4.57. The van der Waals surface area contributed by atoms with E-state index in [0.29, 0.717) is 22.3 Å². The maximum atomic E-state index is 12.1. The number of carbonyl (C=O) groups is 2. The van der Waals surface area contributed by atoms with Crippen LogP contribution >= 0.6 is 0 Å². The molecule has 17 heavy (non-hydrogen) atoms. The first-order chi connectivity index (χ1) is 7.79. The third kappa shape index (κ3) is 1.78. The molecular formula is C14H7NaO2. The first-order valence-electron chi connectivity index (χ1n) is 4.98. The molecule has 76 valence electrons. The minimum Gasteiger partial charge on any atom is -0.346 e. The van der Waals surface area contributed by atoms with E-state index >= 15 is 0 Å². The van der Waals surface area contributed by atoms with Crippen LogP contribution in [-0.2, 0) is 0 Å². The van der Waals surface area contributed by atoms with Gasteiger partial charge in [-0.3, -0.25) is 4.79 Å². The fraction of sp³-hybridized carbons (Fsp3) is 0. The predicted octanol–water partition coefficient (Wildman–Crippen LogP) is -0.734. The smallest absolute Gasteiger partial charge is 0.346 e. The van der Waals surface area contributed by atoms with Crippen LogP contribution in [0.1, 0.15) is 31.8 Å². The Balaban J connectivity index is 0.00000108. The van der Waals surface area contributed by atoms with Crippen molar-refractivity contribution in [2.24, 2.45) is 0 Å². The number of rotatable bonds is 0. The van der Waals surface area contributed by atoms with Crippen molar-refractivity contribution in [3.63, 3.8) is 0 Å². The van der Waals surface area contributed by atoms with Gasteiger partial charge in [-0.05, 0) is 5.56 Å². The normalized spacial score (nSPS) is 12.5. The Bertz CT molecular complexity index is 512. The molecule has 1 aliphatic carbocycles. The molecule has 0 bridgehead atoms. The van der Waals surface area contributed by atoms with Gasteiger partial charge in [0.05, 0.1) is 0 Å². The number of ketones is 2. The van der Waals surface area contributed by atoms with Gasteiger partial charge in [0, 0.05) is 5.56 Å². The molecule has 3 heteroatoms. The molecule has 0 unspecified atom stereocenters. The molecule has 3 rings (SSSR count). The molecule has 0 aliphatic heterocycles. The Morgan fingerprint density at radius 3 is 2.06 bits per heavy atom. The van der Waals surface area contributed by atoms with E-state index < -0.39 is 0 Å². The van der Waals surface area contributed by atoms with Crippen molar-refractivity contribution in [2.75, 3.05) is 0 Å². The summed E-state index contributed by atoms with van der Waals surface area (Å²) in [6.45, 7) is 0. The molecule has 2 aromatic carbocycles. The van der Waals surface area contributed by atoms with Crippen molar-refractivity contribution in [3.05, 3.63) is 70.8 Å². The van der Waals surface area contributed by atoms with Gasteiger partial charge < -0.3 is 4.79 Å². The SMILES string of the molecule is O=C1c2[c-]cccc2C(=O)c2ccccc21.[Na+]. The van der Waals surface area contributed by atoms with E-state index in [0.717, 1.165) is 0 Å². The minimum absolute atomic E-state index is 0. The number of benzene rings is 2. The summed E-state index contributed by atoms with van der Waals surface area (Å²) in [7, 11) is 0. The predicted molar refractivity (Wildman–Crippen MR) is 58.6 cm³/mol. The van der Waals surface area contributed by atoms with Crippen LogP contribution in [0, 0.1) is 6.07 Å². The molecule has 2 nitrogen and oxygen atoms in total. The summed E-state index contributed by atoms with van der Waals surface area (Å²) >= 11 is 0. The van der Waals surface area contributed by atoms with Crippen LogP contribution in [0.3, 0.4) is 0 Å². The molecule has 0 amide bonds. The number of fused-ring (bicyclic) bond motifs is 2. The molecule has 0 saturated heterocycles. The van der Waals surface area contributed by atoms with Crippen molar-refractivity contribution < 1.29 is 39.1 Å². The van der Waals surface area contributed by atoms with Gasteiger partial charge >= 0.3 is 29.6 Å². The molecule has 0 spiro atoms. The van der Waals surface area contributed by atoms with Crippen molar-refractivity contribution in [1.29, 1.82) is 0 Å². The van der Waals surface area contributed by atoms with Crippen LogP contribution in [0.4, 0.5) is 0 Å². The van der Waals surface area contributed by atoms with E-state index in [4.69, 9.17) is 0 Å². The Morgan fingerprint density at radius 1 is 0.765 bits per heavy atom. The van der Waals surface area contributed by atoms with Crippen LogP contribution in [-0.4, -0.2) is 11.6 Å². The third-order valence-corrected chi connectivity index (χ3v) is 2.74. The average Bonchev–Trinajstić information content (AvgIpc) is 2.36. The van der Waals surface area contributed by atoms with Gasteiger partial charge in [0.2, 0.25) is 0 Å². The zero-order valence-electron chi connectivity index (χ0n) is 9.36. The standard InChI is InChI=1S/C14H7O2.Na/c15-13-9-5-1-2-6-10(9)14(16)12-8-4-3-7-11(12)13;/h1-7H;/q-1;+1. The largest absolute Gasteiger partial charge is 1.00 e. The number of hydrogen-bond acceptors (Lipinski definition) is 2. The molecule has 0 N–H and O–H groups in total. The van der Waals surface area contributed by atoms with E-state index in [2.05, 4.69) is 6.07 Å². The van der Waals surface area contributed by atoms with Crippen molar-refractivity contribution in [3.8, 4) is 0 Å². The second-order valence-electron chi connectivity index (χ2n) is 3.66. The summed E-state index contributed by atoms with van der Waals surface area (Å²) in [4.78, 5) is 24.2. The van der Waals surface area contributed by atoms with Gasteiger partial charge in [0.1, 0.15) is 5.78 Å².